The molecule has 2 heterocycles. The van der Waals surface area contributed by atoms with Crippen LogP contribution in [0.3, 0.4) is 0 Å². The second-order valence-corrected chi connectivity index (χ2v) is 9.06. The van der Waals surface area contributed by atoms with Gasteiger partial charge in [0.25, 0.3) is 0 Å². The molecule has 1 aromatic rings. The molecule has 0 radical (unpaired) electrons. The molecule has 1 N–H and O–H groups in total. The second-order valence-electron chi connectivity index (χ2n) is 6.25. The highest BCUT2D eigenvalue weighted by atomic mass is 127. The van der Waals surface area contributed by atoms with Crippen molar-refractivity contribution in [2.24, 2.45) is 5.92 Å². The Bertz CT molecular complexity index is 443. The van der Waals surface area contributed by atoms with Gasteiger partial charge in [0.2, 0.25) is 0 Å². The van der Waals surface area contributed by atoms with Crippen molar-refractivity contribution in [2.45, 2.75) is 57.1 Å². The molecular formula is C16H24INOS. The molecule has 1 spiro atoms. The van der Waals surface area contributed by atoms with Crippen LogP contribution in [0.25, 0.3) is 0 Å². The first kappa shape index (κ1) is 15.3. The third-order valence-electron chi connectivity index (χ3n) is 4.83. The van der Waals surface area contributed by atoms with Crippen molar-refractivity contribution in [3.05, 3.63) is 19.9 Å². The van der Waals surface area contributed by atoms with Gasteiger partial charge in [-0.15, -0.1) is 11.3 Å². The van der Waals surface area contributed by atoms with E-state index in [2.05, 4.69) is 46.3 Å². The minimum absolute atomic E-state index is 0.248. The molecule has 2 nitrogen and oxygen atoms in total. The van der Waals surface area contributed by atoms with Crippen molar-refractivity contribution in [2.75, 3.05) is 13.2 Å². The highest BCUT2D eigenvalue weighted by molar-refractivity contribution is 14.1. The monoisotopic (exact) mass is 405 g/mol. The van der Waals surface area contributed by atoms with Crippen molar-refractivity contribution in [3.8, 4) is 0 Å². The lowest BCUT2D eigenvalue weighted by atomic mass is 9.70. The Balaban J connectivity index is 1.74. The predicted molar refractivity (Wildman–Crippen MR) is 93.3 cm³/mol. The molecule has 2 atom stereocenters. The molecule has 1 aliphatic heterocycles. The van der Waals surface area contributed by atoms with Crippen LogP contribution < -0.4 is 5.32 Å². The zero-order valence-electron chi connectivity index (χ0n) is 12.2. The summed E-state index contributed by atoms with van der Waals surface area (Å²) in [4.78, 5) is 0. The Labute approximate surface area is 139 Å². The summed E-state index contributed by atoms with van der Waals surface area (Å²) in [7, 11) is 0. The number of rotatable bonds is 5. The minimum atomic E-state index is 0.248. The number of thiophene rings is 1. The summed E-state index contributed by atoms with van der Waals surface area (Å²) in [5.41, 5.74) is 1.74. The normalized spacial score (nSPS) is 26.4. The van der Waals surface area contributed by atoms with Gasteiger partial charge in [-0.25, -0.2) is 0 Å². The van der Waals surface area contributed by atoms with Crippen LogP contribution >= 0.6 is 33.9 Å². The van der Waals surface area contributed by atoms with Gasteiger partial charge in [-0.05, 0) is 90.6 Å². The van der Waals surface area contributed by atoms with Crippen LogP contribution in [-0.2, 0) is 4.74 Å². The third-order valence-corrected chi connectivity index (χ3v) is 6.64. The standard InChI is InChI=1S/C16H24INOS/c1-2-7-18-15(13-9-14(17)20-11-13)12-4-8-19-16(10-12)5-3-6-16/h9,11-12,15,18H,2-8,10H2,1H3. The maximum atomic E-state index is 6.10. The van der Waals surface area contributed by atoms with Crippen LogP contribution in [0.5, 0.6) is 0 Å². The first-order valence-corrected chi connectivity index (χ1v) is 9.79. The first-order chi connectivity index (χ1) is 9.72. The highest BCUT2D eigenvalue weighted by Crippen LogP contribution is 2.47. The van der Waals surface area contributed by atoms with Gasteiger partial charge in [0.1, 0.15) is 0 Å². The Morgan fingerprint density at radius 1 is 1.55 bits per heavy atom. The second kappa shape index (κ2) is 6.63. The maximum Gasteiger partial charge on any atom is 0.0686 e. The molecule has 3 rings (SSSR count). The smallest absolute Gasteiger partial charge is 0.0686 e. The summed E-state index contributed by atoms with van der Waals surface area (Å²) in [6.07, 6.45) is 7.58. The Hall–Kier alpha value is 0.350. The van der Waals surface area contributed by atoms with Gasteiger partial charge in [0, 0.05) is 12.6 Å². The van der Waals surface area contributed by atoms with Gasteiger partial charge in [0.15, 0.2) is 0 Å². The molecule has 2 aliphatic rings. The Kier molecular flexibility index (Phi) is 5.06. The van der Waals surface area contributed by atoms with Gasteiger partial charge in [-0.2, -0.15) is 0 Å². The van der Waals surface area contributed by atoms with Crippen LogP contribution in [0.2, 0.25) is 0 Å². The topological polar surface area (TPSA) is 21.3 Å². The van der Waals surface area contributed by atoms with Crippen LogP contribution in [0, 0.1) is 8.80 Å². The molecule has 20 heavy (non-hydrogen) atoms. The molecule has 1 saturated heterocycles. The predicted octanol–water partition coefficient (Wildman–Crippen LogP) is 4.74. The quantitative estimate of drug-likeness (QED) is 0.715. The molecule has 1 aromatic heterocycles. The summed E-state index contributed by atoms with van der Waals surface area (Å²) in [6, 6.07) is 2.89. The zero-order chi connectivity index (χ0) is 14.0. The lowest BCUT2D eigenvalue weighted by Crippen LogP contribution is -2.48. The molecule has 0 aromatic carbocycles. The van der Waals surface area contributed by atoms with E-state index in [0.29, 0.717) is 6.04 Å². The Morgan fingerprint density at radius 3 is 3.00 bits per heavy atom. The van der Waals surface area contributed by atoms with Crippen LogP contribution in [0.1, 0.15) is 57.1 Å². The number of halogens is 1. The molecule has 112 valence electrons. The summed E-state index contributed by atoms with van der Waals surface area (Å²) >= 11 is 4.30. The SMILES string of the molecule is CCCNC(c1csc(I)c1)C1CCOC2(CCC2)C1. The highest BCUT2D eigenvalue weighted by Gasteiger charge is 2.44. The molecule has 1 saturated carbocycles. The van der Waals surface area contributed by atoms with Gasteiger partial charge >= 0.3 is 0 Å². The maximum absolute atomic E-state index is 6.10. The van der Waals surface area contributed by atoms with E-state index in [1.807, 2.05) is 11.3 Å². The minimum Gasteiger partial charge on any atom is -0.375 e. The summed E-state index contributed by atoms with van der Waals surface area (Å²) in [5.74, 6) is 0.737. The van der Waals surface area contributed by atoms with E-state index >= 15 is 0 Å². The van der Waals surface area contributed by atoms with E-state index < -0.39 is 0 Å². The van der Waals surface area contributed by atoms with Crippen molar-refractivity contribution < 1.29 is 4.74 Å². The molecular weight excluding hydrogens is 381 g/mol. The van der Waals surface area contributed by atoms with Crippen molar-refractivity contribution >= 4 is 33.9 Å². The van der Waals surface area contributed by atoms with Gasteiger partial charge < -0.3 is 10.1 Å². The van der Waals surface area contributed by atoms with Crippen LogP contribution in [0.15, 0.2) is 11.4 Å². The van der Waals surface area contributed by atoms with Crippen LogP contribution in [-0.4, -0.2) is 18.8 Å². The van der Waals surface area contributed by atoms with E-state index in [9.17, 15) is 0 Å². The lowest BCUT2D eigenvalue weighted by molar-refractivity contribution is -0.147. The van der Waals surface area contributed by atoms with Gasteiger partial charge in [-0.3, -0.25) is 0 Å². The van der Waals surface area contributed by atoms with E-state index in [1.165, 1.54) is 47.0 Å². The van der Waals surface area contributed by atoms with E-state index in [1.54, 1.807) is 0 Å². The summed E-state index contributed by atoms with van der Waals surface area (Å²) in [5, 5.41) is 6.15. The average Bonchev–Trinajstić information content (AvgIpc) is 2.84. The van der Waals surface area contributed by atoms with Gasteiger partial charge in [0.05, 0.1) is 8.48 Å². The molecule has 1 aliphatic carbocycles. The van der Waals surface area contributed by atoms with Crippen molar-refractivity contribution in [1.29, 1.82) is 0 Å². The zero-order valence-corrected chi connectivity index (χ0v) is 15.1. The molecule has 0 amide bonds. The van der Waals surface area contributed by atoms with E-state index in [4.69, 9.17) is 4.74 Å². The third kappa shape index (κ3) is 3.23. The fourth-order valence-electron chi connectivity index (χ4n) is 3.61. The number of hydrogen-bond donors (Lipinski definition) is 1. The first-order valence-electron chi connectivity index (χ1n) is 7.84. The number of nitrogens with one attached hydrogen (secondary N) is 1. The molecule has 0 bridgehead atoms. The molecule has 2 unspecified atom stereocenters. The summed E-state index contributed by atoms with van der Waals surface area (Å²) < 4.78 is 7.50. The lowest BCUT2D eigenvalue weighted by Gasteiger charge is -2.49. The van der Waals surface area contributed by atoms with Crippen molar-refractivity contribution in [3.63, 3.8) is 0 Å². The number of ether oxygens (including phenoxy) is 1. The number of hydrogen-bond acceptors (Lipinski definition) is 3. The molecule has 4 heteroatoms. The van der Waals surface area contributed by atoms with Crippen molar-refractivity contribution in [1.82, 2.24) is 5.32 Å². The van der Waals surface area contributed by atoms with E-state index in [-0.39, 0.29) is 5.60 Å². The average molecular weight is 405 g/mol. The van der Waals surface area contributed by atoms with Crippen LogP contribution in [0.4, 0.5) is 0 Å². The molecule has 2 fully saturated rings. The van der Waals surface area contributed by atoms with Gasteiger partial charge in [-0.1, -0.05) is 6.92 Å². The Morgan fingerprint density at radius 2 is 2.40 bits per heavy atom. The fraction of sp³-hybridized carbons (Fsp3) is 0.750. The largest absolute Gasteiger partial charge is 0.375 e. The summed E-state index contributed by atoms with van der Waals surface area (Å²) in [6.45, 7) is 4.32. The fourth-order valence-corrected chi connectivity index (χ4v) is 5.02. The van der Waals surface area contributed by atoms with E-state index in [0.717, 1.165) is 19.1 Å².